The first kappa shape index (κ1) is 15.7. The van der Waals surface area contributed by atoms with Crippen LogP contribution in [-0.4, -0.2) is 29.2 Å². The summed E-state index contributed by atoms with van der Waals surface area (Å²) in [4.78, 5) is 13.8. The predicted octanol–water partition coefficient (Wildman–Crippen LogP) is 4.08. The van der Waals surface area contributed by atoms with E-state index in [4.69, 9.17) is 4.74 Å². The molecule has 1 amide bonds. The Labute approximate surface area is 123 Å². The number of halogens is 2. The number of benzene rings is 1. The van der Waals surface area contributed by atoms with E-state index in [-0.39, 0.29) is 18.1 Å². The van der Waals surface area contributed by atoms with E-state index in [0.29, 0.717) is 18.5 Å². The van der Waals surface area contributed by atoms with E-state index in [9.17, 15) is 13.6 Å². The minimum atomic E-state index is -0.589. The number of amides is 1. The van der Waals surface area contributed by atoms with Crippen molar-refractivity contribution in [2.24, 2.45) is 0 Å². The Balaban J connectivity index is 2.12. The van der Waals surface area contributed by atoms with Crippen LogP contribution < -0.4 is 0 Å². The number of carbonyl (C=O) groups excluding carboxylic acids is 1. The number of nitrogens with zero attached hydrogens (tertiary/aromatic N) is 1. The van der Waals surface area contributed by atoms with Crippen LogP contribution in [0.5, 0.6) is 0 Å². The highest BCUT2D eigenvalue weighted by molar-refractivity contribution is 5.69. The van der Waals surface area contributed by atoms with E-state index in [1.807, 2.05) is 27.7 Å². The van der Waals surface area contributed by atoms with Gasteiger partial charge in [0.15, 0.2) is 0 Å². The van der Waals surface area contributed by atoms with Crippen molar-refractivity contribution in [1.82, 2.24) is 4.90 Å². The molecule has 1 saturated heterocycles. The van der Waals surface area contributed by atoms with Gasteiger partial charge in [0.1, 0.15) is 17.2 Å². The first-order valence-electron chi connectivity index (χ1n) is 7.11. The van der Waals surface area contributed by atoms with Crippen LogP contribution in [0.25, 0.3) is 0 Å². The van der Waals surface area contributed by atoms with Crippen molar-refractivity contribution >= 4 is 6.09 Å². The molecule has 1 aromatic rings. The van der Waals surface area contributed by atoms with Gasteiger partial charge in [0.25, 0.3) is 0 Å². The number of ether oxygens (including phenoxy) is 1. The molecule has 1 heterocycles. The zero-order valence-corrected chi connectivity index (χ0v) is 12.8. The van der Waals surface area contributed by atoms with Crippen LogP contribution >= 0.6 is 0 Å². The van der Waals surface area contributed by atoms with Gasteiger partial charge >= 0.3 is 6.09 Å². The monoisotopic (exact) mass is 297 g/mol. The van der Waals surface area contributed by atoms with E-state index >= 15 is 0 Å². The van der Waals surface area contributed by atoms with Crippen molar-refractivity contribution in [3.63, 3.8) is 0 Å². The molecule has 0 N–H and O–H groups in total. The summed E-state index contributed by atoms with van der Waals surface area (Å²) in [6, 6.07) is 3.50. The lowest BCUT2D eigenvalue weighted by Gasteiger charge is -2.27. The minimum absolute atomic E-state index is 0.0174. The molecule has 0 aromatic heterocycles. The van der Waals surface area contributed by atoms with Crippen LogP contribution in [0.1, 0.15) is 45.6 Å². The zero-order chi connectivity index (χ0) is 15.8. The molecule has 0 spiro atoms. The van der Waals surface area contributed by atoms with Gasteiger partial charge in [-0.2, -0.15) is 0 Å². The van der Waals surface area contributed by atoms with Crippen molar-refractivity contribution in [2.45, 2.75) is 51.7 Å². The number of carbonyl (C=O) groups is 1. The van der Waals surface area contributed by atoms with E-state index in [0.717, 1.165) is 6.07 Å². The molecule has 116 valence electrons. The largest absolute Gasteiger partial charge is 0.444 e. The Kier molecular flexibility index (Phi) is 4.21. The number of rotatable bonds is 1. The fourth-order valence-corrected chi connectivity index (χ4v) is 2.66. The number of hydrogen-bond acceptors (Lipinski definition) is 2. The SMILES string of the molecule is CC1C[C@@H](c2cc(F)cc(F)c2)CN1C(=O)OC(C)(C)C. The quantitative estimate of drug-likeness (QED) is 0.781. The highest BCUT2D eigenvalue weighted by atomic mass is 19.1. The van der Waals surface area contributed by atoms with E-state index in [1.54, 1.807) is 4.90 Å². The Morgan fingerprint density at radius 2 is 1.81 bits per heavy atom. The molecule has 21 heavy (non-hydrogen) atoms. The number of likely N-dealkylation sites (tertiary alicyclic amines) is 1. The molecule has 2 rings (SSSR count). The lowest BCUT2D eigenvalue weighted by atomic mass is 9.96. The lowest BCUT2D eigenvalue weighted by molar-refractivity contribution is 0.0237. The van der Waals surface area contributed by atoms with Gasteiger partial charge in [-0.25, -0.2) is 13.6 Å². The van der Waals surface area contributed by atoms with Crippen molar-refractivity contribution in [3.8, 4) is 0 Å². The average Bonchev–Trinajstić information content (AvgIpc) is 2.68. The summed E-state index contributed by atoms with van der Waals surface area (Å²) in [5, 5.41) is 0. The molecular formula is C16H21F2NO2. The third kappa shape index (κ3) is 3.93. The van der Waals surface area contributed by atoms with Crippen molar-refractivity contribution < 1.29 is 18.3 Å². The maximum absolute atomic E-state index is 13.3. The second-order valence-electron chi connectivity index (χ2n) is 6.62. The van der Waals surface area contributed by atoms with Crippen molar-refractivity contribution in [1.29, 1.82) is 0 Å². The maximum Gasteiger partial charge on any atom is 0.410 e. The molecule has 0 radical (unpaired) electrons. The van der Waals surface area contributed by atoms with Crippen LogP contribution in [0.3, 0.4) is 0 Å². The van der Waals surface area contributed by atoms with E-state index in [2.05, 4.69) is 0 Å². The highest BCUT2D eigenvalue weighted by Gasteiger charge is 2.35. The molecular weight excluding hydrogens is 276 g/mol. The van der Waals surface area contributed by atoms with Gasteiger partial charge in [0.05, 0.1) is 0 Å². The minimum Gasteiger partial charge on any atom is -0.444 e. The van der Waals surface area contributed by atoms with Crippen molar-refractivity contribution in [3.05, 3.63) is 35.4 Å². The molecule has 1 aliphatic heterocycles. The molecule has 1 fully saturated rings. The predicted molar refractivity (Wildman–Crippen MR) is 76.1 cm³/mol. The van der Waals surface area contributed by atoms with Crippen LogP contribution in [-0.2, 0) is 4.74 Å². The molecule has 3 nitrogen and oxygen atoms in total. The Bertz CT molecular complexity index is 519. The topological polar surface area (TPSA) is 29.5 Å². The number of hydrogen-bond donors (Lipinski definition) is 0. The Hall–Kier alpha value is -1.65. The molecule has 2 atom stereocenters. The van der Waals surface area contributed by atoms with Crippen LogP contribution in [0.15, 0.2) is 18.2 Å². The summed E-state index contributed by atoms with van der Waals surface area (Å²) in [6.45, 7) is 7.76. The van der Waals surface area contributed by atoms with Gasteiger partial charge in [-0.15, -0.1) is 0 Å². The smallest absolute Gasteiger partial charge is 0.410 e. The van der Waals surface area contributed by atoms with E-state index < -0.39 is 17.2 Å². The summed E-state index contributed by atoms with van der Waals surface area (Å²) in [7, 11) is 0. The van der Waals surface area contributed by atoms with Crippen LogP contribution in [0.4, 0.5) is 13.6 Å². The van der Waals surface area contributed by atoms with Crippen LogP contribution in [0.2, 0.25) is 0 Å². The zero-order valence-electron chi connectivity index (χ0n) is 12.8. The average molecular weight is 297 g/mol. The molecule has 0 aliphatic carbocycles. The van der Waals surface area contributed by atoms with Gasteiger partial charge in [-0.1, -0.05) is 0 Å². The normalized spacial score (nSPS) is 22.5. The third-order valence-electron chi connectivity index (χ3n) is 3.56. The fourth-order valence-electron chi connectivity index (χ4n) is 2.66. The summed E-state index contributed by atoms with van der Waals surface area (Å²) in [6.07, 6.45) is 0.289. The summed E-state index contributed by atoms with van der Waals surface area (Å²) in [5.41, 5.74) is 0.0326. The summed E-state index contributed by atoms with van der Waals surface area (Å²) < 4.78 is 32.0. The molecule has 1 unspecified atom stereocenters. The summed E-state index contributed by atoms with van der Waals surface area (Å²) >= 11 is 0. The Morgan fingerprint density at radius 1 is 1.24 bits per heavy atom. The van der Waals surface area contributed by atoms with Gasteiger partial charge in [0.2, 0.25) is 0 Å². The van der Waals surface area contributed by atoms with E-state index in [1.165, 1.54) is 12.1 Å². The Morgan fingerprint density at radius 3 is 2.33 bits per heavy atom. The molecule has 0 saturated carbocycles. The summed E-state index contributed by atoms with van der Waals surface area (Å²) in [5.74, 6) is -1.25. The molecule has 1 aliphatic rings. The lowest BCUT2D eigenvalue weighted by Crippen LogP contribution is -2.38. The first-order chi connectivity index (χ1) is 9.65. The van der Waals surface area contributed by atoms with Gasteiger partial charge < -0.3 is 9.64 Å². The van der Waals surface area contributed by atoms with Gasteiger partial charge in [-0.3, -0.25) is 0 Å². The van der Waals surface area contributed by atoms with Crippen molar-refractivity contribution in [2.75, 3.05) is 6.54 Å². The molecule has 0 bridgehead atoms. The second-order valence-corrected chi connectivity index (χ2v) is 6.62. The molecule has 5 heteroatoms. The fraction of sp³-hybridized carbons (Fsp3) is 0.562. The molecule has 1 aromatic carbocycles. The van der Waals surface area contributed by atoms with Gasteiger partial charge in [-0.05, 0) is 51.8 Å². The standard InChI is InChI=1S/C16H21F2NO2/c1-10-5-12(11-6-13(17)8-14(18)7-11)9-19(10)15(20)21-16(2,3)4/h6-8,10,12H,5,9H2,1-4H3/t10?,12-/m1/s1. The third-order valence-corrected chi connectivity index (χ3v) is 3.56. The van der Waals surface area contributed by atoms with Gasteiger partial charge in [0, 0.05) is 24.6 Å². The highest BCUT2D eigenvalue weighted by Crippen LogP contribution is 2.33. The second kappa shape index (κ2) is 5.62. The maximum atomic E-state index is 13.3. The first-order valence-corrected chi connectivity index (χ1v) is 7.11. The van der Waals surface area contributed by atoms with Crippen LogP contribution in [0, 0.1) is 11.6 Å².